The van der Waals surface area contributed by atoms with Crippen LogP contribution in [-0.4, -0.2) is 30.9 Å². The molecule has 3 nitrogen and oxygen atoms in total. The van der Waals surface area contributed by atoms with E-state index in [2.05, 4.69) is 33.8 Å². The van der Waals surface area contributed by atoms with Crippen LogP contribution in [0, 0.1) is 19.3 Å². The molecule has 1 aromatic rings. The van der Waals surface area contributed by atoms with Gasteiger partial charge in [0.05, 0.1) is 0 Å². The molecule has 0 unspecified atom stereocenters. The molecule has 1 rings (SSSR count). The molecule has 114 valence electrons. The summed E-state index contributed by atoms with van der Waals surface area (Å²) >= 11 is 1.84. The van der Waals surface area contributed by atoms with Gasteiger partial charge >= 0.3 is 0 Å². The number of thiophene rings is 1. The van der Waals surface area contributed by atoms with Gasteiger partial charge in [0.25, 0.3) is 0 Å². The molecule has 0 saturated carbocycles. The minimum atomic E-state index is -0.00846. The second kappa shape index (κ2) is 7.23. The van der Waals surface area contributed by atoms with Crippen LogP contribution in [0.1, 0.15) is 42.0 Å². The Hall–Kier alpha value is -0.870. The van der Waals surface area contributed by atoms with Crippen LogP contribution < -0.4 is 5.73 Å². The van der Waals surface area contributed by atoms with Crippen molar-refractivity contribution in [2.24, 2.45) is 11.1 Å². The van der Waals surface area contributed by atoms with Gasteiger partial charge in [0, 0.05) is 29.8 Å². The Morgan fingerprint density at radius 1 is 1.40 bits per heavy atom. The number of nitrogens with two attached hydrogens (primary N) is 1. The number of hydrogen-bond donors (Lipinski definition) is 1. The van der Waals surface area contributed by atoms with Gasteiger partial charge < -0.3 is 10.6 Å². The van der Waals surface area contributed by atoms with E-state index in [0.717, 1.165) is 19.4 Å². The molecule has 0 saturated heterocycles. The van der Waals surface area contributed by atoms with Crippen molar-refractivity contribution in [2.75, 3.05) is 20.1 Å². The predicted octanol–water partition coefficient (Wildman–Crippen LogP) is 3.13. The Morgan fingerprint density at radius 3 is 2.55 bits per heavy atom. The standard InChI is InChI=1S/C16H28N2OS/c1-12-9-14(13(2)20-12)7-6-8-15(19)18(5)11-16(3,4)10-17/h9H,6-8,10-11,17H2,1-5H3. The second-order valence-electron chi connectivity index (χ2n) is 6.41. The fourth-order valence-electron chi connectivity index (χ4n) is 2.35. The first-order valence-corrected chi connectivity index (χ1v) is 8.07. The summed E-state index contributed by atoms with van der Waals surface area (Å²) in [4.78, 5) is 16.7. The molecule has 0 aliphatic heterocycles. The molecule has 4 heteroatoms. The van der Waals surface area contributed by atoms with E-state index < -0.39 is 0 Å². The van der Waals surface area contributed by atoms with Crippen molar-refractivity contribution in [3.63, 3.8) is 0 Å². The minimum Gasteiger partial charge on any atom is -0.345 e. The van der Waals surface area contributed by atoms with Crippen LogP contribution in [-0.2, 0) is 11.2 Å². The highest BCUT2D eigenvalue weighted by Gasteiger charge is 2.20. The smallest absolute Gasteiger partial charge is 0.222 e. The van der Waals surface area contributed by atoms with E-state index in [1.54, 1.807) is 0 Å². The zero-order chi connectivity index (χ0) is 15.3. The van der Waals surface area contributed by atoms with E-state index in [9.17, 15) is 4.79 Å². The number of rotatable bonds is 7. The van der Waals surface area contributed by atoms with Gasteiger partial charge in [-0.05, 0) is 50.3 Å². The fraction of sp³-hybridized carbons (Fsp3) is 0.688. The molecule has 0 fully saturated rings. The van der Waals surface area contributed by atoms with Gasteiger partial charge in [-0.2, -0.15) is 0 Å². The minimum absolute atomic E-state index is 0.00846. The lowest BCUT2D eigenvalue weighted by Gasteiger charge is -2.29. The Kier molecular flexibility index (Phi) is 6.21. The molecule has 1 amide bonds. The molecule has 20 heavy (non-hydrogen) atoms. The van der Waals surface area contributed by atoms with Gasteiger partial charge in [0.1, 0.15) is 0 Å². The lowest BCUT2D eigenvalue weighted by atomic mass is 9.93. The number of nitrogens with zero attached hydrogens (tertiary/aromatic N) is 1. The van der Waals surface area contributed by atoms with Crippen LogP contribution in [0.25, 0.3) is 0 Å². The Balaban J connectivity index is 2.38. The summed E-state index contributed by atoms with van der Waals surface area (Å²) in [5.74, 6) is 0.219. The summed E-state index contributed by atoms with van der Waals surface area (Å²) in [5, 5.41) is 0. The zero-order valence-electron chi connectivity index (χ0n) is 13.5. The van der Waals surface area contributed by atoms with Gasteiger partial charge in [-0.1, -0.05) is 13.8 Å². The van der Waals surface area contributed by atoms with Crippen molar-refractivity contribution in [1.82, 2.24) is 4.90 Å². The molecular weight excluding hydrogens is 268 g/mol. The van der Waals surface area contributed by atoms with E-state index >= 15 is 0 Å². The maximum Gasteiger partial charge on any atom is 0.222 e. The monoisotopic (exact) mass is 296 g/mol. The third-order valence-electron chi connectivity index (χ3n) is 3.62. The first-order chi connectivity index (χ1) is 9.25. The molecular formula is C16H28N2OS. The molecule has 1 aromatic heterocycles. The highest BCUT2D eigenvalue weighted by molar-refractivity contribution is 7.12. The summed E-state index contributed by atoms with van der Waals surface area (Å²) in [7, 11) is 1.87. The third kappa shape index (κ3) is 5.25. The normalized spacial score (nSPS) is 11.7. The van der Waals surface area contributed by atoms with Crippen LogP contribution >= 0.6 is 11.3 Å². The molecule has 0 spiro atoms. The Labute approximate surface area is 127 Å². The number of hydrogen-bond acceptors (Lipinski definition) is 3. The zero-order valence-corrected chi connectivity index (χ0v) is 14.3. The van der Waals surface area contributed by atoms with E-state index in [0.29, 0.717) is 13.0 Å². The molecule has 0 bridgehead atoms. The van der Waals surface area contributed by atoms with E-state index in [1.165, 1.54) is 15.3 Å². The number of aryl methyl sites for hydroxylation is 3. The van der Waals surface area contributed by atoms with E-state index in [1.807, 2.05) is 23.3 Å². The summed E-state index contributed by atoms with van der Waals surface area (Å²) in [6, 6.07) is 2.24. The molecule has 2 N–H and O–H groups in total. The summed E-state index contributed by atoms with van der Waals surface area (Å²) in [5.41, 5.74) is 7.10. The first kappa shape index (κ1) is 17.2. The van der Waals surface area contributed by atoms with Crippen LogP contribution in [0.2, 0.25) is 0 Å². The summed E-state index contributed by atoms with van der Waals surface area (Å²) in [6.07, 6.45) is 2.53. The quantitative estimate of drug-likeness (QED) is 0.840. The fourth-order valence-corrected chi connectivity index (χ4v) is 3.32. The van der Waals surface area contributed by atoms with Crippen molar-refractivity contribution in [2.45, 2.75) is 47.0 Å². The summed E-state index contributed by atoms with van der Waals surface area (Å²) in [6.45, 7) is 9.79. The molecule has 1 heterocycles. The molecule has 0 atom stereocenters. The molecule has 0 aliphatic rings. The van der Waals surface area contributed by atoms with Gasteiger partial charge in [0.2, 0.25) is 5.91 Å². The van der Waals surface area contributed by atoms with Crippen molar-refractivity contribution in [1.29, 1.82) is 0 Å². The average molecular weight is 296 g/mol. The lowest BCUT2D eigenvalue weighted by molar-refractivity contribution is -0.131. The van der Waals surface area contributed by atoms with Crippen molar-refractivity contribution >= 4 is 17.2 Å². The van der Waals surface area contributed by atoms with Crippen LogP contribution in [0.4, 0.5) is 0 Å². The van der Waals surface area contributed by atoms with Crippen molar-refractivity contribution in [3.05, 3.63) is 21.4 Å². The highest BCUT2D eigenvalue weighted by Crippen LogP contribution is 2.22. The second-order valence-corrected chi connectivity index (χ2v) is 7.87. The SMILES string of the molecule is Cc1cc(CCCC(=O)N(C)CC(C)(C)CN)c(C)s1. The van der Waals surface area contributed by atoms with Crippen molar-refractivity contribution < 1.29 is 4.79 Å². The average Bonchev–Trinajstić information content (AvgIpc) is 2.67. The highest BCUT2D eigenvalue weighted by atomic mass is 32.1. The summed E-state index contributed by atoms with van der Waals surface area (Å²) < 4.78 is 0. The largest absolute Gasteiger partial charge is 0.345 e. The maximum absolute atomic E-state index is 12.1. The molecule has 0 aromatic carbocycles. The lowest BCUT2D eigenvalue weighted by Crippen LogP contribution is -2.39. The topological polar surface area (TPSA) is 46.3 Å². The van der Waals surface area contributed by atoms with Crippen LogP contribution in [0.15, 0.2) is 6.07 Å². The van der Waals surface area contributed by atoms with Crippen LogP contribution in [0.5, 0.6) is 0 Å². The Morgan fingerprint density at radius 2 is 2.05 bits per heavy atom. The maximum atomic E-state index is 12.1. The Bertz CT molecular complexity index is 451. The van der Waals surface area contributed by atoms with Gasteiger partial charge in [0.15, 0.2) is 0 Å². The number of carbonyl (C=O) groups excluding carboxylic acids is 1. The van der Waals surface area contributed by atoms with E-state index in [-0.39, 0.29) is 11.3 Å². The molecule has 0 radical (unpaired) electrons. The predicted molar refractivity (Wildman–Crippen MR) is 87.2 cm³/mol. The number of carbonyl (C=O) groups is 1. The van der Waals surface area contributed by atoms with Crippen molar-refractivity contribution in [3.8, 4) is 0 Å². The van der Waals surface area contributed by atoms with Gasteiger partial charge in [-0.3, -0.25) is 4.79 Å². The van der Waals surface area contributed by atoms with Gasteiger partial charge in [-0.15, -0.1) is 11.3 Å². The van der Waals surface area contributed by atoms with E-state index in [4.69, 9.17) is 5.73 Å². The van der Waals surface area contributed by atoms with Gasteiger partial charge in [-0.25, -0.2) is 0 Å². The third-order valence-corrected chi connectivity index (χ3v) is 4.63. The van der Waals surface area contributed by atoms with Crippen LogP contribution in [0.3, 0.4) is 0 Å². The number of amides is 1. The first-order valence-electron chi connectivity index (χ1n) is 7.25. The molecule has 0 aliphatic carbocycles.